The average molecular weight is 420 g/mol. The van der Waals surface area contributed by atoms with Gasteiger partial charge < -0.3 is 9.64 Å². The van der Waals surface area contributed by atoms with Crippen LogP contribution in [0.3, 0.4) is 0 Å². The topological polar surface area (TPSA) is 79.0 Å². The van der Waals surface area contributed by atoms with Crippen molar-refractivity contribution < 1.29 is 17.9 Å². The smallest absolute Gasteiger partial charge is 0.241 e. The molecule has 1 heterocycles. The Morgan fingerprint density at radius 3 is 2.62 bits per heavy atom. The summed E-state index contributed by atoms with van der Waals surface area (Å²) in [6, 6.07) is 10.5. The molecule has 2 aromatic carbocycles. The van der Waals surface area contributed by atoms with E-state index in [-0.39, 0.29) is 16.8 Å². The van der Waals surface area contributed by atoms with Crippen LogP contribution in [0.4, 0.5) is 0 Å². The molecule has 0 spiro atoms. The van der Waals surface area contributed by atoms with Gasteiger partial charge in [-0.15, -0.1) is 0 Å². The Hall–Kier alpha value is -2.16. The van der Waals surface area contributed by atoms with Gasteiger partial charge in [0, 0.05) is 38.0 Å². The molecule has 158 valence electrons. The number of carbonyl (C=O) groups is 1. The third-order valence-corrected chi connectivity index (χ3v) is 6.88. The van der Waals surface area contributed by atoms with Crippen LogP contribution in [0.1, 0.15) is 19.3 Å². The van der Waals surface area contributed by atoms with Gasteiger partial charge in [0.1, 0.15) is 5.75 Å². The van der Waals surface area contributed by atoms with Crippen LogP contribution >= 0.6 is 0 Å². The van der Waals surface area contributed by atoms with Crippen molar-refractivity contribution >= 4 is 26.7 Å². The van der Waals surface area contributed by atoms with Gasteiger partial charge in [0.05, 0.1) is 18.0 Å². The Balaban J connectivity index is 1.64. The summed E-state index contributed by atoms with van der Waals surface area (Å²) in [6.45, 7) is 1.89. The second kappa shape index (κ2) is 9.11. The maximum Gasteiger partial charge on any atom is 0.241 e. The van der Waals surface area contributed by atoms with Crippen LogP contribution in [-0.4, -0.2) is 71.0 Å². The van der Waals surface area contributed by atoms with Crippen molar-refractivity contribution in [2.75, 3.05) is 40.8 Å². The van der Waals surface area contributed by atoms with Crippen molar-refractivity contribution in [3.63, 3.8) is 0 Å². The van der Waals surface area contributed by atoms with Crippen LogP contribution in [0, 0.1) is 0 Å². The first-order valence-electron chi connectivity index (χ1n) is 9.86. The molecule has 0 saturated carbocycles. The Morgan fingerprint density at radius 2 is 1.93 bits per heavy atom. The fourth-order valence-corrected chi connectivity index (χ4v) is 5.18. The van der Waals surface area contributed by atoms with Crippen molar-refractivity contribution in [3.05, 3.63) is 36.4 Å². The van der Waals surface area contributed by atoms with Gasteiger partial charge in [-0.1, -0.05) is 24.3 Å². The number of rotatable bonds is 8. The van der Waals surface area contributed by atoms with Crippen LogP contribution in [0.25, 0.3) is 10.8 Å². The number of hydrogen-bond donors (Lipinski definition) is 1. The van der Waals surface area contributed by atoms with Gasteiger partial charge in [0.25, 0.3) is 0 Å². The maximum atomic E-state index is 12.9. The van der Waals surface area contributed by atoms with Crippen LogP contribution < -0.4 is 9.46 Å². The number of fused-ring (bicyclic) bond motifs is 1. The van der Waals surface area contributed by atoms with Gasteiger partial charge in [0.2, 0.25) is 15.9 Å². The van der Waals surface area contributed by atoms with Gasteiger partial charge in [0.15, 0.2) is 0 Å². The second-order valence-electron chi connectivity index (χ2n) is 7.49. The molecule has 7 nitrogen and oxygen atoms in total. The predicted octanol–water partition coefficient (Wildman–Crippen LogP) is 2.07. The highest BCUT2D eigenvalue weighted by Crippen LogP contribution is 2.30. The van der Waals surface area contributed by atoms with Crippen molar-refractivity contribution in [1.82, 2.24) is 14.5 Å². The molecular weight excluding hydrogens is 390 g/mol. The number of likely N-dealkylation sites (N-methyl/N-ethyl adjacent to an activating group) is 1. The zero-order valence-corrected chi connectivity index (χ0v) is 18.0. The van der Waals surface area contributed by atoms with E-state index in [4.69, 9.17) is 4.74 Å². The summed E-state index contributed by atoms with van der Waals surface area (Å²) in [5.74, 6) is 0.762. The highest BCUT2D eigenvalue weighted by Gasteiger charge is 2.31. The molecule has 0 bridgehead atoms. The number of sulfonamides is 1. The molecule has 1 unspecified atom stereocenters. The van der Waals surface area contributed by atoms with E-state index in [2.05, 4.69) is 9.62 Å². The molecule has 1 N–H and O–H groups in total. The summed E-state index contributed by atoms with van der Waals surface area (Å²) >= 11 is 0. The Morgan fingerprint density at radius 1 is 1.21 bits per heavy atom. The molecule has 29 heavy (non-hydrogen) atoms. The fourth-order valence-electron chi connectivity index (χ4n) is 3.89. The van der Waals surface area contributed by atoms with Crippen LogP contribution in [0.5, 0.6) is 5.75 Å². The Kier molecular flexibility index (Phi) is 6.77. The molecular formula is C21H29N3O4S. The third-order valence-electron chi connectivity index (χ3n) is 5.36. The number of amides is 1. The van der Waals surface area contributed by atoms with E-state index in [0.29, 0.717) is 30.6 Å². The molecule has 2 aromatic rings. The summed E-state index contributed by atoms with van der Waals surface area (Å²) in [5.41, 5.74) is 0. The summed E-state index contributed by atoms with van der Waals surface area (Å²) in [6.07, 6.45) is 2.50. The lowest BCUT2D eigenvalue weighted by Crippen LogP contribution is -2.43. The Labute approximate surface area is 172 Å². The van der Waals surface area contributed by atoms with Crippen LogP contribution in [0.15, 0.2) is 41.3 Å². The molecule has 1 saturated heterocycles. The molecule has 1 atom stereocenters. The first-order chi connectivity index (χ1) is 13.8. The van der Waals surface area contributed by atoms with Crippen molar-refractivity contribution in [1.29, 1.82) is 0 Å². The van der Waals surface area contributed by atoms with Crippen molar-refractivity contribution in [2.45, 2.75) is 30.2 Å². The van der Waals surface area contributed by atoms with E-state index in [1.165, 1.54) is 0 Å². The lowest BCUT2D eigenvalue weighted by Gasteiger charge is -2.26. The molecule has 1 amide bonds. The number of likely N-dealkylation sites (tertiary alicyclic amines) is 1. The summed E-state index contributed by atoms with van der Waals surface area (Å²) in [4.78, 5) is 16.3. The number of benzene rings is 2. The number of methoxy groups -OCH3 is 1. The third kappa shape index (κ3) is 4.71. The quantitative estimate of drug-likeness (QED) is 0.663. The average Bonchev–Trinajstić information content (AvgIpc) is 3.18. The minimum Gasteiger partial charge on any atom is -0.496 e. The fraction of sp³-hybridized carbons (Fsp3) is 0.476. The summed E-state index contributed by atoms with van der Waals surface area (Å²) < 4.78 is 33.8. The lowest BCUT2D eigenvalue weighted by atomic mass is 10.1. The highest BCUT2D eigenvalue weighted by molar-refractivity contribution is 7.89. The SMILES string of the molecule is COc1ccc(S(=O)(=O)NCCCN2CCCC2C(=O)N(C)C)c2ccccc12. The molecule has 3 rings (SSSR count). The number of carbonyl (C=O) groups excluding carboxylic acids is 1. The molecule has 0 radical (unpaired) electrons. The molecule has 0 aromatic heterocycles. The van der Waals surface area contributed by atoms with Crippen molar-refractivity contribution in [2.24, 2.45) is 0 Å². The minimum absolute atomic E-state index is 0.0906. The zero-order chi connectivity index (χ0) is 21.0. The van der Waals surface area contributed by atoms with E-state index in [9.17, 15) is 13.2 Å². The summed E-state index contributed by atoms with van der Waals surface area (Å²) in [7, 11) is 1.46. The van der Waals surface area contributed by atoms with E-state index in [1.54, 1.807) is 44.3 Å². The van der Waals surface area contributed by atoms with Gasteiger partial charge in [-0.3, -0.25) is 9.69 Å². The van der Waals surface area contributed by atoms with Crippen molar-refractivity contribution in [3.8, 4) is 5.75 Å². The van der Waals surface area contributed by atoms with Gasteiger partial charge in [-0.2, -0.15) is 0 Å². The number of nitrogens with one attached hydrogen (secondary N) is 1. The maximum absolute atomic E-state index is 12.9. The predicted molar refractivity (Wildman–Crippen MR) is 114 cm³/mol. The lowest BCUT2D eigenvalue weighted by molar-refractivity contribution is -0.133. The standard InChI is InChI=1S/C21H29N3O4S/c1-23(2)21(25)18-10-6-14-24(18)15-7-13-22-29(26,27)20-12-11-19(28-3)16-8-4-5-9-17(16)20/h4-5,8-9,11-12,18,22H,6-7,10,13-15H2,1-3H3. The van der Waals surface area contributed by atoms with E-state index in [0.717, 1.165) is 24.8 Å². The largest absolute Gasteiger partial charge is 0.496 e. The zero-order valence-electron chi connectivity index (χ0n) is 17.2. The van der Waals surface area contributed by atoms with Crippen LogP contribution in [-0.2, 0) is 14.8 Å². The number of hydrogen-bond acceptors (Lipinski definition) is 5. The van der Waals surface area contributed by atoms with Gasteiger partial charge >= 0.3 is 0 Å². The Bertz CT molecular complexity index is 975. The summed E-state index contributed by atoms with van der Waals surface area (Å²) in [5, 5.41) is 1.40. The van der Waals surface area contributed by atoms with E-state index in [1.807, 2.05) is 18.2 Å². The first-order valence-corrected chi connectivity index (χ1v) is 11.3. The number of nitrogens with zero attached hydrogens (tertiary/aromatic N) is 2. The highest BCUT2D eigenvalue weighted by atomic mass is 32.2. The number of ether oxygens (including phenoxy) is 1. The van der Waals surface area contributed by atoms with E-state index >= 15 is 0 Å². The van der Waals surface area contributed by atoms with Crippen LogP contribution in [0.2, 0.25) is 0 Å². The molecule has 1 aliphatic heterocycles. The minimum atomic E-state index is -3.65. The van der Waals surface area contributed by atoms with Gasteiger partial charge in [-0.05, 0) is 37.9 Å². The molecule has 0 aliphatic carbocycles. The molecule has 8 heteroatoms. The first kappa shape index (κ1) is 21.5. The van der Waals surface area contributed by atoms with E-state index < -0.39 is 10.0 Å². The molecule has 1 aliphatic rings. The second-order valence-corrected chi connectivity index (χ2v) is 9.22. The normalized spacial score (nSPS) is 17.6. The monoisotopic (exact) mass is 419 g/mol. The van der Waals surface area contributed by atoms with Gasteiger partial charge in [-0.25, -0.2) is 13.1 Å². The molecule has 1 fully saturated rings.